The predicted octanol–water partition coefficient (Wildman–Crippen LogP) is 6.13. The first-order valence-electron chi connectivity index (χ1n) is 11.2. The molecule has 0 unspecified atom stereocenters. The Morgan fingerprint density at radius 3 is 2.13 bits per heavy atom. The molecule has 0 amide bonds. The highest BCUT2D eigenvalue weighted by molar-refractivity contribution is 5.74. The van der Waals surface area contributed by atoms with Crippen LogP contribution in [0.5, 0.6) is 5.75 Å². The van der Waals surface area contributed by atoms with Gasteiger partial charge in [0.25, 0.3) is 0 Å². The number of aldehydes is 1. The highest BCUT2D eigenvalue weighted by Gasteiger charge is 2.52. The van der Waals surface area contributed by atoms with Gasteiger partial charge >= 0.3 is 0 Å². The number of phenolic OH excluding ortho intramolecular Hbond substituents is 1. The number of nitrogens with zero attached hydrogens (tertiary/aromatic N) is 1. The molecule has 3 heteroatoms. The lowest BCUT2D eigenvalue weighted by molar-refractivity contribution is -0.00611. The van der Waals surface area contributed by atoms with Gasteiger partial charge in [0, 0.05) is 17.4 Å². The summed E-state index contributed by atoms with van der Waals surface area (Å²) in [5.41, 5.74) is 5.29. The minimum Gasteiger partial charge on any atom is -0.508 e. The summed E-state index contributed by atoms with van der Waals surface area (Å²) in [7, 11) is 0. The molecule has 4 aliphatic rings. The SMILES string of the molecule is O=Cc1cccn1-c1ccc(-c2ccc(O)c(C34CC5CC(CC(C5)C3)C4)c2)cc1. The van der Waals surface area contributed by atoms with Crippen LogP contribution in [0.1, 0.15) is 54.6 Å². The van der Waals surface area contributed by atoms with Crippen LogP contribution >= 0.6 is 0 Å². The molecule has 4 aliphatic carbocycles. The van der Waals surface area contributed by atoms with Gasteiger partial charge in [-0.2, -0.15) is 0 Å². The van der Waals surface area contributed by atoms with E-state index in [4.69, 9.17) is 0 Å². The van der Waals surface area contributed by atoms with E-state index in [2.05, 4.69) is 30.3 Å². The van der Waals surface area contributed by atoms with E-state index in [-0.39, 0.29) is 5.41 Å². The maximum Gasteiger partial charge on any atom is 0.166 e. The van der Waals surface area contributed by atoms with Crippen molar-refractivity contribution >= 4 is 6.29 Å². The summed E-state index contributed by atoms with van der Waals surface area (Å²) in [4.78, 5) is 11.2. The molecule has 4 fully saturated rings. The van der Waals surface area contributed by atoms with Crippen LogP contribution in [0.4, 0.5) is 0 Å². The smallest absolute Gasteiger partial charge is 0.166 e. The van der Waals surface area contributed by atoms with E-state index in [9.17, 15) is 9.90 Å². The Balaban J connectivity index is 1.36. The van der Waals surface area contributed by atoms with Gasteiger partial charge in [-0.1, -0.05) is 18.2 Å². The van der Waals surface area contributed by atoms with Crippen LogP contribution in [-0.2, 0) is 5.41 Å². The highest BCUT2D eigenvalue weighted by atomic mass is 16.3. The lowest BCUT2D eigenvalue weighted by Gasteiger charge is -2.57. The third-order valence-electron chi connectivity index (χ3n) is 7.99. The van der Waals surface area contributed by atoms with Gasteiger partial charge in [0.15, 0.2) is 6.29 Å². The lowest BCUT2D eigenvalue weighted by atomic mass is 9.48. The van der Waals surface area contributed by atoms with Gasteiger partial charge < -0.3 is 9.67 Å². The molecule has 0 aliphatic heterocycles. The van der Waals surface area contributed by atoms with Crippen LogP contribution in [0.2, 0.25) is 0 Å². The number of aromatic hydroxyl groups is 1. The number of rotatable bonds is 4. The van der Waals surface area contributed by atoms with Crippen molar-refractivity contribution in [2.24, 2.45) is 17.8 Å². The van der Waals surface area contributed by atoms with Crippen molar-refractivity contribution < 1.29 is 9.90 Å². The summed E-state index contributed by atoms with van der Waals surface area (Å²) in [6.07, 6.45) is 10.7. The van der Waals surface area contributed by atoms with Crippen molar-refractivity contribution in [2.75, 3.05) is 0 Å². The summed E-state index contributed by atoms with van der Waals surface area (Å²) in [6, 6.07) is 18.2. The minimum atomic E-state index is 0.179. The molecule has 0 radical (unpaired) electrons. The van der Waals surface area contributed by atoms with Crippen molar-refractivity contribution in [1.29, 1.82) is 0 Å². The molecule has 1 N–H and O–H groups in total. The molecule has 3 aromatic rings. The van der Waals surface area contributed by atoms with Crippen LogP contribution in [0.15, 0.2) is 60.8 Å². The van der Waals surface area contributed by atoms with Crippen LogP contribution in [-0.4, -0.2) is 16.0 Å². The van der Waals surface area contributed by atoms with E-state index in [1.807, 2.05) is 35.0 Å². The van der Waals surface area contributed by atoms with Crippen LogP contribution < -0.4 is 0 Å². The Morgan fingerprint density at radius 1 is 0.867 bits per heavy atom. The number of aromatic nitrogens is 1. The first-order chi connectivity index (χ1) is 14.6. The number of phenols is 1. The molecule has 0 spiro atoms. The zero-order chi connectivity index (χ0) is 20.3. The zero-order valence-electron chi connectivity index (χ0n) is 17.1. The normalized spacial score (nSPS) is 29.3. The maximum absolute atomic E-state index is 11.2. The van der Waals surface area contributed by atoms with E-state index < -0.39 is 0 Å². The fraction of sp³-hybridized carbons (Fsp3) is 0.370. The zero-order valence-corrected chi connectivity index (χ0v) is 17.1. The van der Waals surface area contributed by atoms with Gasteiger partial charge in [0.2, 0.25) is 0 Å². The van der Waals surface area contributed by atoms with Gasteiger partial charge in [-0.15, -0.1) is 0 Å². The molecule has 1 aromatic heterocycles. The molecule has 2 aromatic carbocycles. The molecule has 30 heavy (non-hydrogen) atoms. The van der Waals surface area contributed by atoms with E-state index in [0.717, 1.165) is 40.9 Å². The number of hydrogen-bond acceptors (Lipinski definition) is 2. The molecule has 4 bridgehead atoms. The Bertz CT molecular complexity index is 1070. The summed E-state index contributed by atoms with van der Waals surface area (Å²) >= 11 is 0. The molecule has 7 rings (SSSR count). The monoisotopic (exact) mass is 397 g/mol. The first kappa shape index (κ1) is 18.0. The van der Waals surface area contributed by atoms with Gasteiger partial charge in [-0.3, -0.25) is 4.79 Å². The summed E-state index contributed by atoms with van der Waals surface area (Å²) in [5, 5.41) is 10.8. The third-order valence-corrected chi connectivity index (χ3v) is 7.99. The van der Waals surface area contributed by atoms with E-state index in [0.29, 0.717) is 11.4 Å². The molecule has 0 atom stereocenters. The van der Waals surface area contributed by atoms with Gasteiger partial charge in [-0.05, 0) is 109 Å². The minimum absolute atomic E-state index is 0.179. The second-order valence-corrected chi connectivity index (χ2v) is 9.90. The molecular weight excluding hydrogens is 370 g/mol. The van der Waals surface area contributed by atoms with Crippen LogP contribution in [0.25, 0.3) is 16.8 Å². The quantitative estimate of drug-likeness (QED) is 0.538. The number of hydrogen-bond donors (Lipinski definition) is 1. The first-order valence-corrected chi connectivity index (χ1v) is 11.2. The molecule has 0 saturated heterocycles. The van der Waals surface area contributed by atoms with Crippen molar-refractivity contribution in [3.05, 3.63) is 72.1 Å². The Hall–Kier alpha value is -2.81. The fourth-order valence-electron chi connectivity index (χ4n) is 7.12. The van der Waals surface area contributed by atoms with Crippen LogP contribution in [0.3, 0.4) is 0 Å². The van der Waals surface area contributed by atoms with Crippen LogP contribution in [0, 0.1) is 17.8 Å². The van der Waals surface area contributed by atoms with Gasteiger partial charge in [0.1, 0.15) is 5.75 Å². The number of carbonyl (C=O) groups excluding carboxylic acids is 1. The molecule has 1 heterocycles. The topological polar surface area (TPSA) is 42.2 Å². The summed E-state index contributed by atoms with van der Waals surface area (Å²) in [5.74, 6) is 3.03. The van der Waals surface area contributed by atoms with E-state index in [1.165, 1.54) is 44.1 Å². The second kappa shape index (κ2) is 6.60. The Morgan fingerprint density at radius 2 is 1.50 bits per heavy atom. The maximum atomic E-state index is 11.2. The fourth-order valence-corrected chi connectivity index (χ4v) is 7.12. The van der Waals surface area contributed by atoms with Crippen molar-refractivity contribution in [3.63, 3.8) is 0 Å². The average molecular weight is 398 g/mol. The molecule has 4 saturated carbocycles. The lowest BCUT2D eigenvalue weighted by Crippen LogP contribution is -2.48. The Labute approximate surface area is 177 Å². The molecule has 152 valence electrons. The second-order valence-electron chi connectivity index (χ2n) is 9.90. The number of benzene rings is 2. The Kier molecular flexibility index (Phi) is 3.96. The average Bonchev–Trinajstić information content (AvgIpc) is 3.22. The van der Waals surface area contributed by atoms with E-state index in [1.54, 1.807) is 0 Å². The van der Waals surface area contributed by atoms with Crippen molar-refractivity contribution in [1.82, 2.24) is 4.57 Å². The largest absolute Gasteiger partial charge is 0.508 e. The summed E-state index contributed by atoms with van der Waals surface area (Å²) in [6.45, 7) is 0. The highest BCUT2D eigenvalue weighted by Crippen LogP contribution is 2.62. The standard InChI is InChI=1S/C27H27NO2/c29-17-24-2-1-9-28(24)23-6-3-21(4-7-23)22-5-8-26(30)25(13-22)27-14-18-10-19(15-27)12-20(11-18)16-27/h1-9,13,17-20,30H,10-12,14-16H2. The third kappa shape index (κ3) is 2.75. The number of carbonyl (C=O) groups is 1. The predicted molar refractivity (Wildman–Crippen MR) is 118 cm³/mol. The van der Waals surface area contributed by atoms with Gasteiger partial charge in [-0.25, -0.2) is 0 Å². The molecular formula is C27H27NO2. The summed E-state index contributed by atoms with van der Waals surface area (Å²) < 4.78 is 1.90. The van der Waals surface area contributed by atoms with Gasteiger partial charge in [0.05, 0.1) is 5.69 Å². The van der Waals surface area contributed by atoms with Crippen molar-refractivity contribution in [2.45, 2.75) is 43.9 Å². The van der Waals surface area contributed by atoms with E-state index >= 15 is 0 Å². The molecule has 3 nitrogen and oxygen atoms in total. The van der Waals surface area contributed by atoms with Crippen molar-refractivity contribution in [3.8, 4) is 22.6 Å².